The fraction of sp³-hybridized carbons (Fsp3) is 0.400. The minimum absolute atomic E-state index is 0.0224. The summed E-state index contributed by atoms with van der Waals surface area (Å²) in [5, 5.41) is 2.95. The van der Waals surface area contributed by atoms with Crippen LogP contribution in [0.1, 0.15) is 55.1 Å². The number of pyridine rings is 1. The minimum Gasteiger partial charge on any atom is -0.481 e. The maximum absolute atomic E-state index is 12.8. The fourth-order valence-electron chi connectivity index (χ4n) is 2.70. The van der Waals surface area contributed by atoms with E-state index >= 15 is 0 Å². The Labute approximate surface area is 166 Å². The molecule has 152 valence electrons. The smallest absolute Gasteiger partial charge is 0.253 e. The van der Waals surface area contributed by atoms with Gasteiger partial charge in [0, 0.05) is 12.3 Å². The summed E-state index contributed by atoms with van der Waals surface area (Å²) >= 11 is 0. The van der Waals surface area contributed by atoms with Gasteiger partial charge in [0.15, 0.2) is 0 Å². The van der Waals surface area contributed by atoms with Crippen molar-refractivity contribution in [1.29, 1.82) is 0 Å². The number of amides is 1. The largest absolute Gasteiger partial charge is 0.481 e. The Morgan fingerprint density at radius 1 is 1.18 bits per heavy atom. The van der Waals surface area contributed by atoms with Crippen molar-refractivity contribution in [2.24, 2.45) is 0 Å². The topological polar surface area (TPSA) is 97.4 Å². The number of nitrogens with zero attached hydrogens (tertiary/aromatic N) is 1. The number of sulfonamides is 1. The molecule has 1 amide bonds. The molecular weight excluding hydrogens is 378 g/mol. The lowest BCUT2D eigenvalue weighted by Crippen LogP contribution is -2.29. The van der Waals surface area contributed by atoms with Gasteiger partial charge in [-0.05, 0) is 30.5 Å². The van der Waals surface area contributed by atoms with Crippen LogP contribution in [-0.4, -0.2) is 32.2 Å². The number of hydrogen-bond donors (Lipinski definition) is 2. The van der Waals surface area contributed by atoms with Gasteiger partial charge in [0.2, 0.25) is 15.9 Å². The summed E-state index contributed by atoms with van der Waals surface area (Å²) in [4.78, 5) is 17.0. The van der Waals surface area contributed by atoms with Gasteiger partial charge in [-0.25, -0.2) is 13.4 Å². The third kappa shape index (κ3) is 5.95. The van der Waals surface area contributed by atoms with E-state index in [1.807, 2.05) is 19.9 Å². The highest BCUT2D eigenvalue weighted by Gasteiger charge is 2.19. The number of rotatable bonds is 10. The maximum atomic E-state index is 12.8. The van der Waals surface area contributed by atoms with Crippen LogP contribution in [-0.2, 0) is 10.0 Å². The van der Waals surface area contributed by atoms with Crippen LogP contribution in [0.2, 0.25) is 0 Å². The van der Waals surface area contributed by atoms with Crippen molar-refractivity contribution < 1.29 is 17.9 Å². The van der Waals surface area contributed by atoms with Crippen LogP contribution in [0.25, 0.3) is 0 Å². The van der Waals surface area contributed by atoms with E-state index in [1.165, 1.54) is 0 Å². The second kappa shape index (κ2) is 10.1. The molecule has 1 heterocycles. The number of hydrogen-bond acceptors (Lipinski definition) is 5. The molecule has 0 aliphatic carbocycles. The molecule has 0 saturated heterocycles. The number of methoxy groups -OCH3 is 1. The molecule has 1 aromatic carbocycles. The van der Waals surface area contributed by atoms with Crippen LogP contribution < -0.4 is 14.8 Å². The van der Waals surface area contributed by atoms with Gasteiger partial charge in [-0.15, -0.1) is 0 Å². The summed E-state index contributed by atoms with van der Waals surface area (Å²) in [6.07, 6.45) is 3.65. The predicted molar refractivity (Wildman–Crippen MR) is 110 cm³/mol. The van der Waals surface area contributed by atoms with Gasteiger partial charge in [-0.2, -0.15) is 0 Å². The van der Waals surface area contributed by atoms with Crippen molar-refractivity contribution >= 4 is 21.6 Å². The van der Waals surface area contributed by atoms with Crippen molar-refractivity contribution in [3.05, 3.63) is 53.7 Å². The molecule has 2 aromatic rings. The predicted octanol–water partition coefficient (Wildman–Crippen LogP) is 3.51. The van der Waals surface area contributed by atoms with Gasteiger partial charge in [0.1, 0.15) is 0 Å². The van der Waals surface area contributed by atoms with Gasteiger partial charge in [-0.1, -0.05) is 38.5 Å². The van der Waals surface area contributed by atoms with Crippen LogP contribution in [0.5, 0.6) is 5.88 Å². The lowest BCUT2D eigenvalue weighted by molar-refractivity contribution is 0.0936. The first-order valence-corrected chi connectivity index (χ1v) is 11.0. The third-order valence-corrected chi connectivity index (χ3v) is 5.65. The van der Waals surface area contributed by atoms with Crippen LogP contribution in [0, 0.1) is 0 Å². The van der Waals surface area contributed by atoms with Gasteiger partial charge < -0.3 is 10.1 Å². The second-order valence-corrected chi connectivity index (χ2v) is 8.23. The average Bonchev–Trinajstić information content (AvgIpc) is 2.70. The number of carbonyl (C=O) groups is 1. The zero-order chi connectivity index (χ0) is 20.6. The third-order valence-electron chi connectivity index (χ3n) is 4.29. The van der Waals surface area contributed by atoms with Crippen molar-refractivity contribution in [3.63, 3.8) is 0 Å². The van der Waals surface area contributed by atoms with E-state index in [1.54, 1.807) is 43.6 Å². The van der Waals surface area contributed by atoms with E-state index in [4.69, 9.17) is 4.74 Å². The second-order valence-electron chi connectivity index (χ2n) is 6.39. The fourth-order valence-corrected chi connectivity index (χ4v) is 3.98. The van der Waals surface area contributed by atoms with Gasteiger partial charge in [0.05, 0.1) is 30.2 Å². The highest BCUT2D eigenvalue weighted by Crippen LogP contribution is 2.21. The number of ether oxygens (including phenoxy) is 1. The van der Waals surface area contributed by atoms with Crippen molar-refractivity contribution in [2.75, 3.05) is 17.6 Å². The van der Waals surface area contributed by atoms with Gasteiger partial charge >= 0.3 is 0 Å². The van der Waals surface area contributed by atoms with E-state index in [2.05, 4.69) is 15.0 Å². The molecule has 0 aliphatic heterocycles. The quantitative estimate of drug-likeness (QED) is 0.630. The lowest BCUT2D eigenvalue weighted by Gasteiger charge is -2.19. The molecular formula is C20H27N3O4S. The summed E-state index contributed by atoms with van der Waals surface area (Å²) in [5.74, 6) is 0.169. The number of unbranched alkanes of at least 4 members (excludes halogenated alkanes) is 1. The number of aromatic nitrogens is 1. The first-order valence-electron chi connectivity index (χ1n) is 9.30. The van der Waals surface area contributed by atoms with E-state index in [0.29, 0.717) is 18.7 Å². The molecule has 0 aliphatic rings. The summed E-state index contributed by atoms with van der Waals surface area (Å²) in [5.41, 5.74) is 1.40. The Hall–Kier alpha value is -2.61. The van der Waals surface area contributed by atoms with Crippen LogP contribution in [0.3, 0.4) is 0 Å². The lowest BCUT2D eigenvalue weighted by atomic mass is 10.1. The Kier molecular flexibility index (Phi) is 7.80. The molecule has 1 atom stereocenters. The van der Waals surface area contributed by atoms with E-state index in [9.17, 15) is 13.2 Å². The number of nitrogens with one attached hydrogen (secondary N) is 2. The minimum atomic E-state index is -3.50. The molecule has 0 radical (unpaired) electrons. The van der Waals surface area contributed by atoms with Crippen molar-refractivity contribution in [3.8, 4) is 5.88 Å². The van der Waals surface area contributed by atoms with Crippen molar-refractivity contribution in [1.82, 2.24) is 10.3 Å². The summed E-state index contributed by atoms with van der Waals surface area (Å²) < 4.78 is 32.1. The first kappa shape index (κ1) is 21.7. The molecule has 1 aromatic heterocycles. The molecule has 0 fully saturated rings. The van der Waals surface area contributed by atoms with Crippen molar-refractivity contribution in [2.45, 2.75) is 39.2 Å². The number of para-hydroxylation sites is 1. The maximum Gasteiger partial charge on any atom is 0.253 e. The molecule has 1 unspecified atom stereocenters. The van der Waals surface area contributed by atoms with Gasteiger partial charge in [0.25, 0.3) is 5.91 Å². The number of benzene rings is 1. The molecule has 0 saturated carbocycles. The van der Waals surface area contributed by atoms with Crippen LogP contribution in [0.15, 0.2) is 42.6 Å². The molecule has 2 rings (SSSR count). The zero-order valence-electron chi connectivity index (χ0n) is 16.4. The molecule has 0 spiro atoms. The summed E-state index contributed by atoms with van der Waals surface area (Å²) in [6.45, 7) is 3.88. The highest BCUT2D eigenvalue weighted by molar-refractivity contribution is 7.92. The van der Waals surface area contributed by atoms with Crippen LogP contribution in [0.4, 0.5) is 5.69 Å². The van der Waals surface area contributed by atoms with E-state index in [-0.39, 0.29) is 29.0 Å². The zero-order valence-corrected chi connectivity index (χ0v) is 17.3. The normalized spacial score (nSPS) is 12.2. The van der Waals surface area contributed by atoms with Crippen LogP contribution >= 0.6 is 0 Å². The molecule has 8 heteroatoms. The SMILES string of the molecule is CCCCS(=O)(=O)Nc1ccccc1C(=O)NC(CC)c1ccc(OC)nc1. The molecule has 28 heavy (non-hydrogen) atoms. The summed E-state index contributed by atoms with van der Waals surface area (Å²) in [6, 6.07) is 9.92. The molecule has 7 nitrogen and oxygen atoms in total. The monoisotopic (exact) mass is 405 g/mol. The molecule has 0 bridgehead atoms. The highest BCUT2D eigenvalue weighted by atomic mass is 32.2. The Morgan fingerprint density at radius 3 is 2.54 bits per heavy atom. The number of carbonyl (C=O) groups excluding carboxylic acids is 1. The van der Waals surface area contributed by atoms with E-state index in [0.717, 1.165) is 12.0 Å². The first-order chi connectivity index (χ1) is 13.4. The molecule has 2 N–H and O–H groups in total. The average molecular weight is 406 g/mol. The standard InChI is InChI=1S/C20H27N3O4S/c1-4-6-13-28(25,26)23-18-10-8-7-9-16(18)20(24)22-17(5-2)15-11-12-19(27-3)21-14-15/h7-12,14,17,23H,4-6,13H2,1-3H3,(H,22,24). The number of anilines is 1. The Bertz CT molecular complexity index is 883. The van der Waals surface area contributed by atoms with E-state index < -0.39 is 10.0 Å². The summed E-state index contributed by atoms with van der Waals surface area (Å²) in [7, 11) is -1.96. The Morgan fingerprint density at radius 2 is 1.93 bits per heavy atom. The van der Waals surface area contributed by atoms with Gasteiger partial charge in [-0.3, -0.25) is 9.52 Å². The Balaban J connectivity index is 2.18.